The van der Waals surface area contributed by atoms with Crippen molar-refractivity contribution in [3.8, 4) is 44.5 Å². The van der Waals surface area contributed by atoms with Crippen LogP contribution in [0.4, 0.5) is 29.0 Å². The van der Waals surface area contributed by atoms with Gasteiger partial charge in [0.25, 0.3) is 0 Å². The highest BCUT2D eigenvalue weighted by Gasteiger charge is 2.52. The molecule has 4 aliphatic heterocycles. The Bertz CT molecular complexity index is 7740. The van der Waals surface area contributed by atoms with E-state index in [0.717, 1.165) is 190 Å². The lowest BCUT2D eigenvalue weighted by Crippen LogP contribution is -2.45. The zero-order valence-corrected chi connectivity index (χ0v) is 82.1. The highest BCUT2D eigenvalue weighted by atomic mass is 35.5. The minimum absolute atomic E-state index is 0.00497. The van der Waals surface area contributed by atoms with Crippen LogP contribution in [0.1, 0.15) is 138 Å². The molecule has 0 bridgehead atoms. The molecular formula is C99H96Cl8N26O5S. The highest BCUT2D eigenvalue weighted by molar-refractivity contribution is 7.89. The average Bonchev–Trinajstić information content (AvgIpc) is 1.62. The van der Waals surface area contributed by atoms with Gasteiger partial charge in [-0.3, -0.25) is 47.4 Å². The molecule has 24 rings (SSSR count). The molecule has 15 N–H and O–H groups in total. The Morgan fingerprint density at radius 1 is 0.410 bits per heavy atom. The van der Waals surface area contributed by atoms with Gasteiger partial charge in [0.15, 0.2) is 34.0 Å². The number of aromatic nitrogens is 16. The zero-order valence-electron chi connectivity index (χ0n) is 75.2. The molecule has 4 aliphatic carbocycles. The van der Waals surface area contributed by atoms with Crippen molar-refractivity contribution in [1.82, 2.24) is 78.3 Å². The maximum absolute atomic E-state index is 13.3. The number of aliphatic hydroxyl groups is 2. The summed E-state index contributed by atoms with van der Waals surface area (Å²) in [5, 5.41) is 61.8. The van der Waals surface area contributed by atoms with Crippen molar-refractivity contribution in [3.63, 3.8) is 0 Å². The SMILES string of the molecule is Cc1cc(N2CCC3(CC2)Cc2ncccc2C3N)n2c(CO)nnc2c1-c1cccc(Cl)c1Cl.NC1c2cccnc2CC12CCN(c1cc(=O)c(-c3cccc(Cl)c3Cl)c3[nH]ncn13)CC2.NC1c2cccnc2CC12CCN(c1cc(S(N)(=O)=O)c(-c3cccc(Cl)c3Cl)c3nnc(CO)n13)CC2.Nc1cc(N2CCC3(CC2)Cc2ncccc2C3N)n2cnnc2c1-c1cccc(Cl)c1Cl. The van der Waals surface area contributed by atoms with Gasteiger partial charge in [-0.1, -0.05) is 166 Å². The smallest absolute Gasteiger partial charge is 0.238 e. The Labute approximate surface area is 838 Å². The number of anilines is 5. The maximum Gasteiger partial charge on any atom is 0.238 e. The second-order valence-electron chi connectivity index (χ2n) is 37.5. The summed E-state index contributed by atoms with van der Waals surface area (Å²) in [6.07, 6.45) is 21.6. The van der Waals surface area contributed by atoms with Crippen molar-refractivity contribution < 1.29 is 18.6 Å². The molecule has 4 unspecified atom stereocenters. The number of aliphatic hydroxyl groups excluding tert-OH is 2. The molecule has 4 atom stereocenters. The third-order valence-electron chi connectivity index (χ3n) is 30.3. The Hall–Kier alpha value is -11.3. The quantitative estimate of drug-likeness (QED) is 0.0581. The molecule has 8 aliphatic rings. The van der Waals surface area contributed by atoms with E-state index in [1.807, 2.05) is 99.4 Å². The summed E-state index contributed by atoms with van der Waals surface area (Å²) >= 11 is 51.1. The van der Waals surface area contributed by atoms with Gasteiger partial charge in [0.05, 0.1) is 56.2 Å². The van der Waals surface area contributed by atoms with Crippen LogP contribution >= 0.6 is 92.8 Å². The van der Waals surface area contributed by atoms with Gasteiger partial charge in [0.1, 0.15) is 54.8 Å². The summed E-state index contributed by atoms with van der Waals surface area (Å²) in [5.74, 6) is 3.99. The number of nitrogen functional groups attached to an aromatic ring is 1. The Kier molecular flexibility index (Phi) is 25.0. The summed E-state index contributed by atoms with van der Waals surface area (Å²) in [7, 11) is -4.23. The fourth-order valence-electron chi connectivity index (χ4n) is 22.9. The van der Waals surface area contributed by atoms with Gasteiger partial charge in [-0.25, -0.2) is 13.6 Å². The normalized spacial score (nSPS) is 19.1. The van der Waals surface area contributed by atoms with Crippen LogP contribution < -0.4 is 58.8 Å². The molecule has 31 nitrogen and oxygen atoms in total. The number of piperidine rings is 4. The van der Waals surface area contributed by atoms with Crippen molar-refractivity contribution >= 4 is 154 Å². The van der Waals surface area contributed by atoms with Gasteiger partial charge < -0.3 is 58.5 Å². The summed E-state index contributed by atoms with van der Waals surface area (Å²) in [6.45, 7) is 7.63. The number of aryl methyl sites for hydroxylation is 1. The molecule has 0 saturated carbocycles. The number of aromatic amines is 1. The maximum atomic E-state index is 13.3. The topological polar surface area (TPSA) is 436 Å². The zero-order chi connectivity index (χ0) is 96.6. The van der Waals surface area contributed by atoms with E-state index < -0.39 is 16.6 Å². The lowest BCUT2D eigenvalue weighted by molar-refractivity contribution is 0.186. The first kappa shape index (κ1) is 94.0. The van der Waals surface area contributed by atoms with Crippen molar-refractivity contribution in [2.45, 2.75) is 126 Å². The molecule has 4 saturated heterocycles. The fourth-order valence-corrected chi connectivity index (χ4v) is 25.2. The number of nitrogens with one attached hydrogen (secondary N) is 1. The Morgan fingerprint density at radius 2 is 0.763 bits per heavy atom. The van der Waals surface area contributed by atoms with E-state index >= 15 is 0 Å². The van der Waals surface area contributed by atoms with Crippen LogP contribution in [0.5, 0.6) is 0 Å². The Balaban J connectivity index is 0.000000110. The lowest BCUT2D eigenvalue weighted by atomic mass is 9.73. The number of nitrogens with zero attached hydrogens (tertiary/aromatic N) is 19. The average molecular weight is 2050 g/mol. The number of primary sulfonamides is 1. The van der Waals surface area contributed by atoms with E-state index in [1.54, 1.807) is 77.8 Å². The van der Waals surface area contributed by atoms with Crippen LogP contribution in [0.3, 0.4) is 0 Å². The van der Waals surface area contributed by atoms with Crippen LogP contribution in [0.25, 0.3) is 67.1 Å². The van der Waals surface area contributed by atoms with Crippen LogP contribution in [0.2, 0.25) is 40.2 Å². The molecular weight excluding hydrogens is 1950 g/mol. The standard InChI is InChI=1S/C26H26Cl2N6O.C25H25Cl2N7O3S.C24H23Cl2N7.C24H22Cl2N6O/c1-15-12-21(33-10-7-26(8-11-33)13-19-16(24(26)29)5-3-9-30-19)34-20(14-35)31-32-25(34)22(15)17-4-2-6-18(27)23(17)28;26-16-5-1-3-15(22(16)27)21-18(38(29,36)37)11-20(34-19(13-35)31-32-24(21)34)33-9-6-25(7-10-33)12-17-14(23(25)28)4-2-8-30-17;25-16-5-1-3-15(21(16)26)20-17(27)11-19(33-13-30-31-23(20)33)32-9-6-24(7-10-32)12-18-14(22(24)28)4-2-8-29-18;25-16-5-1-3-15(21(16)26)20-18(33)11-19(32-13-29-30-23(20)32)31-9-6-24(7-10-31)12-17-14(22(24)27)4-2-8-28-17/h2-6,9,12,24,35H,7-8,10-11,13-14,29H2,1H3;1-5,8,11,23,35H,6-7,9-10,12-13,28H2,(H2,29,36,37);1-5,8,11,13,22H,6-7,9-10,12,27-28H2;1-5,8,11,13,22,30H,6-7,9-10,12,27H2. The number of pyridine rings is 8. The van der Waals surface area contributed by atoms with E-state index in [1.165, 1.54) is 22.8 Å². The number of hydrogen-bond acceptors (Lipinski definition) is 25. The molecule has 4 spiro atoms. The van der Waals surface area contributed by atoms with E-state index in [9.17, 15) is 23.4 Å². The number of H-pyrrole nitrogens is 1. The monoisotopic (exact) mass is 2040 g/mol. The highest BCUT2D eigenvalue weighted by Crippen LogP contribution is 2.57. The number of benzene rings is 4. The molecule has 4 aromatic carbocycles. The van der Waals surface area contributed by atoms with Crippen LogP contribution in [-0.4, -0.2) is 149 Å². The summed E-state index contributed by atoms with van der Waals surface area (Å²) in [4.78, 5) is 40.4. The van der Waals surface area contributed by atoms with E-state index in [-0.39, 0.29) is 89.8 Å². The lowest BCUT2D eigenvalue weighted by Gasteiger charge is -2.43. The molecule has 139 heavy (non-hydrogen) atoms. The fraction of sp³-hybridized carbons (Fsp3) is 0.313. The first-order valence-corrected chi connectivity index (χ1v) is 50.4. The van der Waals surface area contributed by atoms with Gasteiger partial charge in [0.2, 0.25) is 10.0 Å². The van der Waals surface area contributed by atoms with E-state index in [2.05, 4.69) is 105 Å². The molecule has 16 aromatic rings. The van der Waals surface area contributed by atoms with Crippen LogP contribution in [0.15, 0.2) is 193 Å². The number of hydrogen-bond donors (Lipinski definition) is 9. The van der Waals surface area contributed by atoms with E-state index in [0.29, 0.717) is 94.2 Å². The van der Waals surface area contributed by atoms with E-state index in [4.69, 9.17) is 127 Å². The van der Waals surface area contributed by atoms with Gasteiger partial charge >= 0.3 is 0 Å². The summed E-state index contributed by atoms with van der Waals surface area (Å²) in [6, 6.07) is 44.6. The molecule has 714 valence electrons. The molecule has 12 aromatic heterocycles. The molecule has 0 radical (unpaired) electrons. The van der Waals surface area contributed by atoms with Crippen LogP contribution in [0, 0.1) is 28.6 Å². The van der Waals surface area contributed by atoms with Gasteiger partial charge in [-0.2, -0.15) is 5.10 Å². The van der Waals surface area contributed by atoms with Crippen molar-refractivity contribution in [2.75, 3.05) is 77.7 Å². The Morgan fingerprint density at radius 3 is 1.14 bits per heavy atom. The predicted molar refractivity (Wildman–Crippen MR) is 544 cm³/mol. The van der Waals surface area contributed by atoms with Crippen molar-refractivity contribution in [2.24, 2.45) is 49.7 Å². The first-order valence-electron chi connectivity index (χ1n) is 45.8. The van der Waals surface area contributed by atoms with Gasteiger partial charge in [-0.15, -0.1) is 30.6 Å². The number of fused-ring (bicyclic) bond motifs is 8. The molecule has 16 heterocycles. The number of nitrogens with two attached hydrogens (primary N) is 6. The first-order chi connectivity index (χ1) is 67.0. The minimum atomic E-state index is -4.23. The predicted octanol–water partition coefficient (Wildman–Crippen LogP) is 16.6. The third kappa shape index (κ3) is 16.2. The third-order valence-corrected chi connectivity index (χ3v) is 34.6. The number of rotatable bonds is 11. The summed E-state index contributed by atoms with van der Waals surface area (Å²) in [5.41, 5.74) is 50.8. The molecule has 40 heteroatoms. The number of halogens is 8. The van der Waals surface area contributed by atoms with Gasteiger partial charge in [-0.05, 0) is 188 Å². The second kappa shape index (κ2) is 37.0. The number of sulfonamides is 1. The second-order valence-corrected chi connectivity index (χ2v) is 42.1. The van der Waals surface area contributed by atoms with Crippen molar-refractivity contribution in [1.29, 1.82) is 0 Å². The largest absolute Gasteiger partial charge is 0.398 e. The van der Waals surface area contributed by atoms with Gasteiger partial charge in [0, 0.05) is 181 Å². The summed E-state index contributed by atoms with van der Waals surface area (Å²) < 4.78 is 33.3. The van der Waals surface area contributed by atoms with Crippen LogP contribution in [-0.2, 0) is 48.9 Å². The minimum Gasteiger partial charge on any atom is -0.398 e. The van der Waals surface area contributed by atoms with Crippen molar-refractivity contribution in [3.05, 3.63) is 296 Å². The molecule has 0 amide bonds. The molecule has 4 fully saturated rings.